The zero-order valence-corrected chi connectivity index (χ0v) is 17.0. The SMILES string of the molecule is N#Cc1ccc(N2N=C3c4ccc(C(=O)O)cc4CCC3[C@H]2C2CCOC2)cc1Cl. The van der Waals surface area contributed by atoms with Gasteiger partial charge < -0.3 is 9.84 Å². The van der Waals surface area contributed by atoms with Crippen LogP contribution in [0, 0.1) is 23.2 Å². The summed E-state index contributed by atoms with van der Waals surface area (Å²) in [4.78, 5) is 11.4. The Kier molecular flexibility index (Phi) is 4.73. The van der Waals surface area contributed by atoms with Crippen molar-refractivity contribution in [2.24, 2.45) is 16.9 Å². The average Bonchev–Trinajstić information content (AvgIpc) is 3.40. The summed E-state index contributed by atoms with van der Waals surface area (Å²) in [6.07, 6.45) is 2.72. The highest BCUT2D eigenvalue weighted by atomic mass is 35.5. The van der Waals surface area contributed by atoms with E-state index in [1.807, 2.05) is 17.1 Å². The zero-order valence-electron chi connectivity index (χ0n) is 16.2. The van der Waals surface area contributed by atoms with Gasteiger partial charge in [0.2, 0.25) is 0 Å². The van der Waals surface area contributed by atoms with Gasteiger partial charge in [-0.25, -0.2) is 4.79 Å². The summed E-state index contributed by atoms with van der Waals surface area (Å²) in [5.41, 5.74) is 4.68. The van der Waals surface area contributed by atoms with E-state index >= 15 is 0 Å². The third-order valence-electron chi connectivity index (χ3n) is 6.40. The van der Waals surface area contributed by atoms with Crippen molar-refractivity contribution in [3.63, 3.8) is 0 Å². The molecule has 5 rings (SSSR count). The van der Waals surface area contributed by atoms with E-state index in [1.54, 1.807) is 24.3 Å². The number of fused-ring (bicyclic) bond motifs is 3. The first-order chi connectivity index (χ1) is 14.6. The van der Waals surface area contributed by atoms with E-state index in [0.29, 0.717) is 28.7 Å². The van der Waals surface area contributed by atoms with Gasteiger partial charge in [0, 0.05) is 24.0 Å². The maximum absolute atomic E-state index is 11.4. The second-order valence-corrected chi connectivity index (χ2v) is 8.45. The van der Waals surface area contributed by atoms with E-state index in [0.717, 1.165) is 48.4 Å². The second-order valence-electron chi connectivity index (χ2n) is 8.04. The van der Waals surface area contributed by atoms with Crippen molar-refractivity contribution < 1.29 is 14.6 Å². The highest BCUT2D eigenvalue weighted by Crippen LogP contribution is 2.43. The lowest BCUT2D eigenvalue weighted by molar-refractivity contribution is 0.0696. The van der Waals surface area contributed by atoms with Gasteiger partial charge >= 0.3 is 5.97 Å². The van der Waals surface area contributed by atoms with Crippen LogP contribution in [0.15, 0.2) is 41.5 Å². The van der Waals surface area contributed by atoms with Gasteiger partial charge in [-0.1, -0.05) is 17.7 Å². The molecule has 0 aromatic heterocycles. The third-order valence-corrected chi connectivity index (χ3v) is 6.71. The number of nitriles is 1. The van der Waals surface area contributed by atoms with E-state index in [1.165, 1.54) is 0 Å². The molecular weight excluding hydrogens is 402 g/mol. The summed E-state index contributed by atoms with van der Waals surface area (Å²) in [5.74, 6) is -0.317. The quantitative estimate of drug-likeness (QED) is 0.806. The minimum Gasteiger partial charge on any atom is -0.478 e. The molecule has 1 N–H and O–H groups in total. The van der Waals surface area contributed by atoms with Gasteiger partial charge in [-0.15, -0.1) is 0 Å². The molecule has 0 saturated carbocycles. The Labute approximate surface area is 179 Å². The summed E-state index contributed by atoms with van der Waals surface area (Å²) < 4.78 is 5.69. The fourth-order valence-electron chi connectivity index (χ4n) is 4.96. The molecule has 1 saturated heterocycles. The number of rotatable bonds is 3. The molecule has 3 aliphatic rings. The second kappa shape index (κ2) is 7.42. The molecule has 2 aliphatic heterocycles. The monoisotopic (exact) mass is 421 g/mol. The first-order valence-corrected chi connectivity index (χ1v) is 10.5. The third kappa shape index (κ3) is 3.06. The molecule has 6 nitrogen and oxygen atoms in total. The Bertz CT molecular complexity index is 1100. The number of aryl methyl sites for hydroxylation is 1. The molecule has 0 spiro atoms. The summed E-state index contributed by atoms with van der Waals surface area (Å²) in [7, 11) is 0. The number of nitrogens with zero attached hydrogens (tertiary/aromatic N) is 3. The van der Waals surface area contributed by atoms with Gasteiger partial charge in [0.05, 0.1) is 40.2 Å². The van der Waals surface area contributed by atoms with Crippen molar-refractivity contribution >= 4 is 29.0 Å². The molecule has 2 unspecified atom stereocenters. The van der Waals surface area contributed by atoms with E-state index < -0.39 is 5.97 Å². The summed E-state index contributed by atoms with van der Waals surface area (Å²) >= 11 is 6.32. The van der Waals surface area contributed by atoms with Crippen LogP contribution in [0.2, 0.25) is 5.02 Å². The molecule has 30 heavy (non-hydrogen) atoms. The molecule has 2 aromatic carbocycles. The van der Waals surface area contributed by atoms with E-state index in [-0.39, 0.29) is 12.0 Å². The van der Waals surface area contributed by atoms with Gasteiger partial charge in [0.1, 0.15) is 6.07 Å². The smallest absolute Gasteiger partial charge is 0.335 e. The largest absolute Gasteiger partial charge is 0.478 e. The Balaban J connectivity index is 1.59. The van der Waals surface area contributed by atoms with Gasteiger partial charge in [0.15, 0.2) is 0 Å². The Hall–Kier alpha value is -2.88. The number of aromatic carboxylic acids is 1. The van der Waals surface area contributed by atoms with Crippen LogP contribution in [0.25, 0.3) is 0 Å². The van der Waals surface area contributed by atoms with E-state index in [2.05, 4.69) is 6.07 Å². The number of carbonyl (C=O) groups is 1. The Morgan fingerprint density at radius 2 is 2.13 bits per heavy atom. The number of hydrazone groups is 1. The fraction of sp³-hybridized carbons (Fsp3) is 0.348. The normalized spacial score (nSPS) is 24.7. The molecule has 1 fully saturated rings. The topological polar surface area (TPSA) is 85.9 Å². The first kappa shape index (κ1) is 19.1. The van der Waals surface area contributed by atoms with Crippen LogP contribution in [0.3, 0.4) is 0 Å². The lowest BCUT2D eigenvalue weighted by Gasteiger charge is -2.34. The van der Waals surface area contributed by atoms with Crippen LogP contribution in [0.4, 0.5) is 5.69 Å². The number of ether oxygens (including phenoxy) is 1. The fourth-order valence-corrected chi connectivity index (χ4v) is 5.18. The van der Waals surface area contributed by atoms with Crippen LogP contribution in [0.1, 0.15) is 39.9 Å². The first-order valence-electron chi connectivity index (χ1n) is 10.1. The summed E-state index contributed by atoms with van der Waals surface area (Å²) in [6, 6.07) is 13.0. The van der Waals surface area contributed by atoms with Crippen LogP contribution in [0.5, 0.6) is 0 Å². The molecule has 2 heterocycles. The molecule has 0 bridgehead atoms. The minimum atomic E-state index is -0.914. The van der Waals surface area contributed by atoms with Crippen LogP contribution >= 0.6 is 11.6 Å². The number of benzene rings is 2. The molecule has 152 valence electrons. The number of carboxylic acids is 1. The van der Waals surface area contributed by atoms with Crippen molar-refractivity contribution in [3.8, 4) is 6.07 Å². The van der Waals surface area contributed by atoms with E-state index in [9.17, 15) is 15.2 Å². The molecule has 7 heteroatoms. The zero-order chi connectivity index (χ0) is 20.8. The van der Waals surface area contributed by atoms with Crippen molar-refractivity contribution in [1.82, 2.24) is 0 Å². The van der Waals surface area contributed by atoms with Crippen LogP contribution < -0.4 is 5.01 Å². The predicted octanol–water partition coefficient (Wildman–Crippen LogP) is 4.10. The van der Waals surface area contributed by atoms with Gasteiger partial charge in [-0.3, -0.25) is 5.01 Å². The summed E-state index contributed by atoms with van der Waals surface area (Å²) in [6.45, 7) is 1.46. The van der Waals surface area contributed by atoms with Crippen LogP contribution in [-0.4, -0.2) is 36.0 Å². The number of hydrogen-bond acceptors (Lipinski definition) is 5. The molecular formula is C23H20ClN3O3. The molecule has 0 radical (unpaired) electrons. The lowest BCUT2D eigenvalue weighted by Crippen LogP contribution is -2.41. The van der Waals surface area contributed by atoms with E-state index in [4.69, 9.17) is 21.4 Å². The number of halogens is 1. The van der Waals surface area contributed by atoms with Crippen molar-refractivity contribution in [1.29, 1.82) is 5.26 Å². The Morgan fingerprint density at radius 3 is 2.83 bits per heavy atom. The maximum Gasteiger partial charge on any atom is 0.335 e. The Morgan fingerprint density at radius 1 is 1.27 bits per heavy atom. The van der Waals surface area contributed by atoms with Gasteiger partial charge in [0.25, 0.3) is 0 Å². The van der Waals surface area contributed by atoms with Crippen molar-refractivity contribution in [2.45, 2.75) is 25.3 Å². The minimum absolute atomic E-state index is 0.152. The van der Waals surface area contributed by atoms with Crippen molar-refractivity contribution in [2.75, 3.05) is 18.2 Å². The average molecular weight is 422 g/mol. The maximum atomic E-state index is 11.4. The lowest BCUT2D eigenvalue weighted by atomic mass is 9.75. The molecule has 3 atom stereocenters. The number of carboxylic acid groups (broad SMARTS) is 1. The van der Waals surface area contributed by atoms with Crippen molar-refractivity contribution in [3.05, 3.63) is 63.7 Å². The number of hydrogen-bond donors (Lipinski definition) is 1. The highest BCUT2D eigenvalue weighted by Gasteiger charge is 2.46. The number of anilines is 1. The molecule has 2 aromatic rings. The highest BCUT2D eigenvalue weighted by molar-refractivity contribution is 6.32. The predicted molar refractivity (Wildman–Crippen MR) is 113 cm³/mol. The van der Waals surface area contributed by atoms with Gasteiger partial charge in [-0.2, -0.15) is 10.4 Å². The summed E-state index contributed by atoms with van der Waals surface area (Å²) in [5, 5.41) is 26.0. The standard InChI is InChI=1S/C23H20ClN3O3/c24-20-10-17(4-1-15(20)11-25)27-22(16-7-8-30-12-16)19-6-2-13-9-14(23(28)29)3-5-18(13)21(19)26-27/h1,3-5,9-10,16,19,22H,2,6-8,12H2,(H,28,29)/t16?,19?,22-/m1/s1. The molecule has 1 aliphatic carbocycles. The van der Waals surface area contributed by atoms with Gasteiger partial charge in [-0.05, 0) is 55.2 Å². The molecule has 0 amide bonds. The van der Waals surface area contributed by atoms with Crippen LogP contribution in [-0.2, 0) is 11.2 Å².